The molecule has 0 radical (unpaired) electrons. The van der Waals surface area contributed by atoms with Crippen molar-refractivity contribution < 1.29 is 23.1 Å². The molecule has 0 spiro atoms. The molecule has 206 valence electrons. The zero-order valence-corrected chi connectivity index (χ0v) is 23.4. The lowest BCUT2D eigenvalue weighted by Gasteiger charge is -2.41. The van der Waals surface area contributed by atoms with Gasteiger partial charge < -0.3 is 20.2 Å². The van der Waals surface area contributed by atoms with Crippen LogP contribution in [0.4, 0.5) is 10.5 Å². The number of rotatable bonds is 7. The molecule has 3 aromatic carbocycles. The highest BCUT2D eigenvalue weighted by Crippen LogP contribution is 2.27. The maximum atomic E-state index is 13.7. The molecule has 3 aromatic rings. The molecule has 4 rings (SSSR count). The van der Waals surface area contributed by atoms with Crippen molar-refractivity contribution in [3.05, 3.63) is 94.5 Å². The van der Waals surface area contributed by atoms with Gasteiger partial charge in [0, 0.05) is 32.4 Å². The molecule has 0 aliphatic carbocycles. The number of urea groups is 1. The number of hydrogen-bond acceptors (Lipinski definition) is 5. The number of carbonyl (C=O) groups excluding carboxylic acids is 2. The summed E-state index contributed by atoms with van der Waals surface area (Å²) in [6.45, 7) is -0.297. The van der Waals surface area contributed by atoms with Gasteiger partial charge in [-0.05, 0) is 35.9 Å². The molecular formula is C27H28Cl2N4O5S. The van der Waals surface area contributed by atoms with Crippen LogP contribution in [0.1, 0.15) is 11.7 Å². The van der Waals surface area contributed by atoms with Gasteiger partial charge in [-0.3, -0.25) is 4.79 Å². The van der Waals surface area contributed by atoms with Gasteiger partial charge in [0.15, 0.2) is 0 Å². The number of benzene rings is 3. The molecular weight excluding hydrogens is 563 g/mol. The Hall–Kier alpha value is -3.15. The summed E-state index contributed by atoms with van der Waals surface area (Å²) in [5.74, 6) is -0.545. The second-order valence-corrected chi connectivity index (χ2v) is 11.8. The number of amides is 3. The summed E-state index contributed by atoms with van der Waals surface area (Å²) in [5, 5.41) is 14.0. The van der Waals surface area contributed by atoms with Crippen molar-refractivity contribution in [1.82, 2.24) is 14.1 Å². The van der Waals surface area contributed by atoms with Gasteiger partial charge in [0.05, 0.1) is 27.6 Å². The van der Waals surface area contributed by atoms with Gasteiger partial charge in [0.2, 0.25) is 15.9 Å². The van der Waals surface area contributed by atoms with Gasteiger partial charge in [-0.1, -0.05) is 71.7 Å². The number of nitrogens with one attached hydrogen (secondary N) is 1. The van der Waals surface area contributed by atoms with Crippen molar-refractivity contribution in [2.24, 2.45) is 0 Å². The highest BCUT2D eigenvalue weighted by Gasteiger charge is 2.42. The van der Waals surface area contributed by atoms with Crippen molar-refractivity contribution in [2.75, 3.05) is 38.5 Å². The van der Waals surface area contributed by atoms with Gasteiger partial charge in [0.25, 0.3) is 0 Å². The fourth-order valence-electron chi connectivity index (χ4n) is 4.33. The van der Waals surface area contributed by atoms with E-state index in [1.165, 1.54) is 35.0 Å². The summed E-state index contributed by atoms with van der Waals surface area (Å²) >= 11 is 12.0. The van der Waals surface area contributed by atoms with E-state index < -0.39 is 34.1 Å². The van der Waals surface area contributed by atoms with Crippen molar-refractivity contribution in [3.8, 4) is 0 Å². The summed E-state index contributed by atoms with van der Waals surface area (Å²) < 4.78 is 28.3. The van der Waals surface area contributed by atoms with Gasteiger partial charge in [-0.2, -0.15) is 4.31 Å². The number of aliphatic hydroxyl groups excluding tert-OH is 1. The van der Waals surface area contributed by atoms with Crippen LogP contribution in [0, 0.1) is 0 Å². The Morgan fingerprint density at radius 1 is 1.00 bits per heavy atom. The van der Waals surface area contributed by atoms with Gasteiger partial charge >= 0.3 is 6.03 Å². The molecule has 0 aromatic heterocycles. The molecule has 2 N–H and O–H groups in total. The van der Waals surface area contributed by atoms with Crippen LogP contribution in [0.15, 0.2) is 83.8 Å². The highest BCUT2D eigenvalue weighted by molar-refractivity contribution is 7.89. The fourth-order valence-corrected chi connectivity index (χ4v) is 6.21. The van der Waals surface area contributed by atoms with Gasteiger partial charge in [0.1, 0.15) is 6.04 Å². The smallest absolute Gasteiger partial charge is 0.321 e. The number of hydrogen-bond donors (Lipinski definition) is 2. The van der Waals surface area contributed by atoms with Gasteiger partial charge in [-0.15, -0.1) is 0 Å². The first-order chi connectivity index (χ1) is 18.6. The molecule has 1 aliphatic rings. The second kappa shape index (κ2) is 12.4. The maximum Gasteiger partial charge on any atom is 0.321 e. The Labute approximate surface area is 237 Å². The molecule has 1 fully saturated rings. The number of halogens is 2. The lowest BCUT2D eigenvalue weighted by molar-refractivity contribution is -0.136. The first-order valence-corrected chi connectivity index (χ1v) is 14.3. The Morgan fingerprint density at radius 2 is 1.64 bits per heavy atom. The van der Waals surface area contributed by atoms with Crippen LogP contribution < -0.4 is 5.32 Å². The van der Waals surface area contributed by atoms with E-state index >= 15 is 0 Å². The Morgan fingerprint density at radius 3 is 2.28 bits per heavy atom. The Kier molecular flexibility index (Phi) is 9.14. The maximum absolute atomic E-state index is 13.7. The predicted molar refractivity (Wildman–Crippen MR) is 150 cm³/mol. The number of aliphatic hydroxyl groups is 1. The number of sulfonamides is 1. The zero-order valence-electron chi connectivity index (χ0n) is 21.1. The monoisotopic (exact) mass is 590 g/mol. The van der Waals surface area contributed by atoms with Crippen LogP contribution >= 0.6 is 23.2 Å². The third kappa shape index (κ3) is 6.71. The summed E-state index contributed by atoms with van der Waals surface area (Å²) in [4.78, 5) is 29.5. The van der Waals surface area contributed by atoms with Crippen molar-refractivity contribution in [2.45, 2.75) is 17.0 Å². The van der Waals surface area contributed by atoms with E-state index in [-0.39, 0.29) is 36.1 Å². The summed E-state index contributed by atoms with van der Waals surface area (Å²) in [6, 6.07) is 19.6. The number of likely N-dealkylation sites (N-methyl/N-ethyl adjacent to an activating group) is 1. The summed E-state index contributed by atoms with van der Waals surface area (Å²) in [6.07, 6.45) is -0.975. The average molecular weight is 592 g/mol. The van der Waals surface area contributed by atoms with Crippen LogP contribution in [-0.4, -0.2) is 78.8 Å². The molecule has 9 nitrogen and oxygen atoms in total. The van der Waals surface area contributed by atoms with E-state index in [1.807, 2.05) is 6.07 Å². The van der Waals surface area contributed by atoms with E-state index in [9.17, 15) is 23.1 Å². The van der Waals surface area contributed by atoms with E-state index in [4.69, 9.17) is 23.2 Å². The molecule has 0 bridgehead atoms. The largest absolute Gasteiger partial charge is 0.387 e. The van der Waals surface area contributed by atoms with E-state index in [2.05, 4.69) is 5.32 Å². The highest BCUT2D eigenvalue weighted by atomic mass is 35.5. The molecule has 2 unspecified atom stereocenters. The third-order valence-corrected chi connectivity index (χ3v) is 9.09. The van der Waals surface area contributed by atoms with Crippen LogP contribution in [-0.2, 0) is 14.8 Å². The van der Waals surface area contributed by atoms with Crippen LogP contribution in [0.2, 0.25) is 10.0 Å². The lowest BCUT2D eigenvalue weighted by atomic mass is 10.1. The second-order valence-electron chi connectivity index (χ2n) is 9.09. The quantitative estimate of drug-likeness (QED) is 0.430. The number of carbonyl (C=O) groups is 2. The number of anilines is 1. The van der Waals surface area contributed by atoms with Crippen LogP contribution in [0.5, 0.6) is 0 Å². The van der Waals surface area contributed by atoms with E-state index in [0.717, 1.165) is 4.31 Å². The first kappa shape index (κ1) is 28.8. The predicted octanol–water partition coefficient (Wildman–Crippen LogP) is 4.09. The minimum atomic E-state index is -4.06. The average Bonchev–Trinajstić information content (AvgIpc) is 2.95. The van der Waals surface area contributed by atoms with Crippen LogP contribution in [0.25, 0.3) is 0 Å². The third-order valence-electron chi connectivity index (χ3n) is 6.43. The molecule has 1 heterocycles. The summed E-state index contributed by atoms with van der Waals surface area (Å²) in [7, 11) is -2.56. The van der Waals surface area contributed by atoms with Crippen LogP contribution in [0.3, 0.4) is 0 Å². The molecule has 0 saturated carbocycles. The minimum absolute atomic E-state index is 0.0449. The SMILES string of the molecule is CN(CC(O)c1ccccc1)C(=O)C1CN(C(=O)Nc2ccc(Cl)c(Cl)c2)CCN1S(=O)(=O)c1ccccc1. The summed E-state index contributed by atoms with van der Waals surface area (Å²) in [5.41, 5.74) is 1.02. The molecule has 39 heavy (non-hydrogen) atoms. The Balaban J connectivity index is 1.57. The topological polar surface area (TPSA) is 110 Å². The molecule has 12 heteroatoms. The van der Waals surface area contributed by atoms with E-state index in [0.29, 0.717) is 16.3 Å². The standard InChI is InChI=1S/C27H28Cl2N4O5S/c1-31(18-25(34)19-8-4-2-5-9-19)26(35)24-17-32(27(36)30-20-12-13-22(28)23(29)16-20)14-15-33(24)39(37,38)21-10-6-3-7-11-21/h2-13,16,24-25,34H,14-15,17-18H2,1H3,(H,30,36). The number of nitrogens with zero attached hydrogens (tertiary/aromatic N) is 3. The number of piperazine rings is 1. The zero-order chi connectivity index (χ0) is 28.2. The molecule has 2 atom stereocenters. The Bertz CT molecular complexity index is 1430. The van der Waals surface area contributed by atoms with Crippen molar-refractivity contribution in [1.29, 1.82) is 0 Å². The molecule has 1 saturated heterocycles. The normalized spacial score (nSPS) is 16.9. The van der Waals surface area contributed by atoms with Crippen molar-refractivity contribution >= 4 is 50.9 Å². The lowest BCUT2D eigenvalue weighted by Crippen LogP contribution is -2.62. The van der Waals surface area contributed by atoms with Gasteiger partial charge in [-0.25, -0.2) is 13.2 Å². The molecule has 1 aliphatic heterocycles. The van der Waals surface area contributed by atoms with Crippen molar-refractivity contribution in [3.63, 3.8) is 0 Å². The minimum Gasteiger partial charge on any atom is -0.387 e. The first-order valence-electron chi connectivity index (χ1n) is 12.1. The van der Waals surface area contributed by atoms with E-state index in [1.54, 1.807) is 54.6 Å². The fraction of sp³-hybridized carbons (Fsp3) is 0.259. The molecule has 3 amide bonds.